The molecule has 0 radical (unpaired) electrons. The second-order valence-electron chi connectivity index (χ2n) is 5.32. The van der Waals surface area contributed by atoms with Crippen LogP contribution >= 0.6 is 0 Å². The molecule has 1 aliphatic heterocycles. The van der Waals surface area contributed by atoms with E-state index in [9.17, 15) is 13.2 Å². The molecule has 3 rings (SSSR count). The van der Waals surface area contributed by atoms with Gasteiger partial charge in [-0.2, -0.15) is 13.2 Å². The Morgan fingerprint density at radius 3 is 2.73 bits per heavy atom. The summed E-state index contributed by atoms with van der Waals surface area (Å²) in [5, 5.41) is 0. The van der Waals surface area contributed by atoms with E-state index in [1.807, 2.05) is 19.1 Å². The maximum atomic E-state index is 12.6. The van der Waals surface area contributed by atoms with Crippen LogP contribution < -0.4 is 4.74 Å². The molecule has 118 valence electrons. The number of aryl methyl sites for hydroxylation is 1. The lowest BCUT2D eigenvalue weighted by atomic mass is 10.1. The van der Waals surface area contributed by atoms with E-state index in [2.05, 4.69) is 9.88 Å². The van der Waals surface area contributed by atoms with Crippen molar-refractivity contribution in [1.29, 1.82) is 0 Å². The molecule has 7 heteroatoms. The van der Waals surface area contributed by atoms with Crippen molar-refractivity contribution in [2.75, 3.05) is 13.1 Å². The number of halogens is 3. The Hall–Kier alpha value is -2.02. The molecule has 1 saturated heterocycles. The summed E-state index contributed by atoms with van der Waals surface area (Å²) in [5.41, 5.74) is -0.938. The highest BCUT2D eigenvalue weighted by Gasteiger charge is 2.34. The van der Waals surface area contributed by atoms with Crippen LogP contribution in [0.15, 0.2) is 34.9 Å². The molecule has 2 aromatic heterocycles. The molecule has 0 saturated carbocycles. The summed E-state index contributed by atoms with van der Waals surface area (Å²) in [6.07, 6.45) is -3.46. The Labute approximate surface area is 125 Å². The van der Waals surface area contributed by atoms with Gasteiger partial charge in [0, 0.05) is 25.4 Å². The largest absolute Gasteiger partial charge is 0.488 e. The van der Waals surface area contributed by atoms with E-state index in [0.29, 0.717) is 19.6 Å². The molecule has 3 heterocycles. The Bertz CT molecular complexity index is 648. The maximum absolute atomic E-state index is 12.6. The molecule has 0 amide bonds. The monoisotopic (exact) mass is 312 g/mol. The molecule has 2 aromatic rings. The van der Waals surface area contributed by atoms with Crippen molar-refractivity contribution >= 4 is 0 Å². The summed E-state index contributed by atoms with van der Waals surface area (Å²) in [6, 6.07) is 6.19. The minimum absolute atomic E-state index is 0.112. The van der Waals surface area contributed by atoms with Gasteiger partial charge in [-0.15, -0.1) is 0 Å². The maximum Gasteiger partial charge on any atom is 0.433 e. The second kappa shape index (κ2) is 5.64. The van der Waals surface area contributed by atoms with Crippen molar-refractivity contribution < 1.29 is 22.3 Å². The molecule has 1 fully saturated rings. The van der Waals surface area contributed by atoms with Gasteiger partial charge in [-0.25, -0.2) is 0 Å². The Morgan fingerprint density at radius 2 is 2.09 bits per heavy atom. The second-order valence-corrected chi connectivity index (χ2v) is 5.32. The highest BCUT2D eigenvalue weighted by Crippen LogP contribution is 2.30. The summed E-state index contributed by atoms with van der Waals surface area (Å²) in [7, 11) is 0. The fourth-order valence-corrected chi connectivity index (χ4v) is 2.35. The molecule has 22 heavy (non-hydrogen) atoms. The van der Waals surface area contributed by atoms with Gasteiger partial charge in [0.05, 0.1) is 6.54 Å². The average molecular weight is 312 g/mol. The summed E-state index contributed by atoms with van der Waals surface area (Å²) in [5.74, 6) is 1.93. The molecular formula is C15H15F3N2O2. The van der Waals surface area contributed by atoms with Crippen LogP contribution in [-0.4, -0.2) is 29.1 Å². The SMILES string of the molecule is Cc1ccc(CN2CC(Oc3ccnc(C(F)(F)F)c3)C2)o1. The zero-order chi connectivity index (χ0) is 15.7. The van der Waals surface area contributed by atoms with E-state index < -0.39 is 11.9 Å². The van der Waals surface area contributed by atoms with Crippen LogP contribution in [0, 0.1) is 6.92 Å². The number of hydrogen-bond donors (Lipinski definition) is 0. The van der Waals surface area contributed by atoms with Crippen molar-refractivity contribution in [1.82, 2.24) is 9.88 Å². The third-order valence-corrected chi connectivity index (χ3v) is 3.42. The van der Waals surface area contributed by atoms with Gasteiger partial charge in [0.15, 0.2) is 0 Å². The first-order valence-electron chi connectivity index (χ1n) is 6.88. The predicted octanol–water partition coefficient (Wildman–Crippen LogP) is 3.27. The predicted molar refractivity (Wildman–Crippen MR) is 72.4 cm³/mol. The van der Waals surface area contributed by atoms with E-state index in [4.69, 9.17) is 9.15 Å². The molecule has 0 spiro atoms. The lowest BCUT2D eigenvalue weighted by Gasteiger charge is -2.38. The molecule has 0 N–H and O–H groups in total. The summed E-state index contributed by atoms with van der Waals surface area (Å²) < 4.78 is 48.7. The Morgan fingerprint density at radius 1 is 1.32 bits per heavy atom. The lowest BCUT2D eigenvalue weighted by molar-refractivity contribution is -0.141. The minimum atomic E-state index is -4.46. The smallest absolute Gasteiger partial charge is 0.433 e. The van der Waals surface area contributed by atoms with Crippen LogP contribution in [0.4, 0.5) is 13.2 Å². The molecule has 0 aromatic carbocycles. The molecule has 0 unspecified atom stereocenters. The van der Waals surface area contributed by atoms with E-state index in [-0.39, 0.29) is 11.9 Å². The number of furan rings is 1. The van der Waals surface area contributed by atoms with E-state index in [1.165, 1.54) is 6.07 Å². The fourth-order valence-electron chi connectivity index (χ4n) is 2.35. The third-order valence-electron chi connectivity index (χ3n) is 3.42. The van der Waals surface area contributed by atoms with Crippen molar-refractivity contribution in [2.45, 2.75) is 25.7 Å². The van der Waals surface area contributed by atoms with Gasteiger partial charge < -0.3 is 9.15 Å². The van der Waals surface area contributed by atoms with Crippen molar-refractivity contribution in [3.63, 3.8) is 0 Å². The van der Waals surface area contributed by atoms with Crippen LogP contribution in [0.2, 0.25) is 0 Å². The van der Waals surface area contributed by atoms with Crippen molar-refractivity contribution in [2.24, 2.45) is 0 Å². The van der Waals surface area contributed by atoms with E-state index in [0.717, 1.165) is 23.8 Å². The van der Waals surface area contributed by atoms with Gasteiger partial charge >= 0.3 is 6.18 Å². The van der Waals surface area contributed by atoms with Crippen LogP contribution in [-0.2, 0) is 12.7 Å². The summed E-state index contributed by atoms with van der Waals surface area (Å²) in [6.45, 7) is 3.87. The Balaban J connectivity index is 1.52. The van der Waals surface area contributed by atoms with Gasteiger partial charge in [0.25, 0.3) is 0 Å². The first kappa shape index (κ1) is 14.9. The number of likely N-dealkylation sites (tertiary alicyclic amines) is 1. The number of nitrogens with zero attached hydrogens (tertiary/aromatic N) is 2. The number of hydrogen-bond acceptors (Lipinski definition) is 4. The number of ether oxygens (including phenoxy) is 1. The normalized spacial score (nSPS) is 16.5. The average Bonchev–Trinajstić information content (AvgIpc) is 2.81. The molecular weight excluding hydrogens is 297 g/mol. The van der Waals surface area contributed by atoms with E-state index in [1.54, 1.807) is 0 Å². The zero-order valence-electron chi connectivity index (χ0n) is 11.9. The van der Waals surface area contributed by atoms with Crippen LogP contribution in [0.1, 0.15) is 17.2 Å². The number of alkyl halides is 3. The van der Waals surface area contributed by atoms with E-state index >= 15 is 0 Å². The molecule has 0 aliphatic carbocycles. The van der Waals surface area contributed by atoms with Gasteiger partial charge in [0.1, 0.15) is 29.1 Å². The standard InChI is InChI=1S/C15H15F3N2O2/c1-10-2-3-12(21-10)7-20-8-13(9-20)22-11-4-5-19-14(6-11)15(16,17)18/h2-6,13H,7-9H2,1H3. The lowest BCUT2D eigenvalue weighted by Crippen LogP contribution is -2.53. The molecule has 0 bridgehead atoms. The van der Waals surface area contributed by atoms with Gasteiger partial charge in [-0.1, -0.05) is 0 Å². The molecule has 1 aliphatic rings. The number of aromatic nitrogens is 1. The van der Waals surface area contributed by atoms with Crippen LogP contribution in [0.3, 0.4) is 0 Å². The van der Waals surface area contributed by atoms with Crippen LogP contribution in [0.25, 0.3) is 0 Å². The fraction of sp³-hybridized carbons (Fsp3) is 0.400. The van der Waals surface area contributed by atoms with Gasteiger partial charge in [-0.05, 0) is 25.1 Å². The number of pyridine rings is 1. The van der Waals surface area contributed by atoms with Crippen LogP contribution in [0.5, 0.6) is 5.75 Å². The highest BCUT2D eigenvalue weighted by molar-refractivity contribution is 5.24. The van der Waals surface area contributed by atoms with Crippen molar-refractivity contribution in [3.8, 4) is 5.75 Å². The quantitative estimate of drug-likeness (QED) is 0.868. The molecule has 0 atom stereocenters. The zero-order valence-corrected chi connectivity index (χ0v) is 11.9. The van der Waals surface area contributed by atoms with Gasteiger partial charge in [-0.3, -0.25) is 9.88 Å². The van der Waals surface area contributed by atoms with Crippen molar-refractivity contribution in [3.05, 3.63) is 47.7 Å². The first-order chi connectivity index (χ1) is 10.4. The van der Waals surface area contributed by atoms with Gasteiger partial charge in [0.2, 0.25) is 0 Å². The minimum Gasteiger partial charge on any atom is -0.488 e. The number of rotatable bonds is 4. The third kappa shape index (κ3) is 3.41. The Kier molecular flexibility index (Phi) is 3.82. The first-order valence-corrected chi connectivity index (χ1v) is 6.88. The molecule has 4 nitrogen and oxygen atoms in total. The highest BCUT2D eigenvalue weighted by atomic mass is 19.4. The summed E-state index contributed by atoms with van der Waals surface area (Å²) >= 11 is 0. The summed E-state index contributed by atoms with van der Waals surface area (Å²) in [4.78, 5) is 5.41. The topological polar surface area (TPSA) is 38.5 Å².